The van der Waals surface area contributed by atoms with Gasteiger partial charge in [-0.3, -0.25) is 0 Å². The van der Waals surface area contributed by atoms with Gasteiger partial charge < -0.3 is 19.7 Å². The average Bonchev–Trinajstić information content (AvgIpc) is 2.44. The molecule has 5 nitrogen and oxygen atoms in total. The molecule has 0 bridgehead atoms. The van der Waals surface area contributed by atoms with Gasteiger partial charge in [0.1, 0.15) is 22.3 Å². The molecule has 1 aromatic heterocycles. The third-order valence-electron chi connectivity index (χ3n) is 3.06. The van der Waals surface area contributed by atoms with Gasteiger partial charge in [-0.25, -0.2) is 4.79 Å². The number of aromatic hydroxyl groups is 3. The van der Waals surface area contributed by atoms with Crippen molar-refractivity contribution in [3.05, 3.63) is 52.9 Å². The van der Waals surface area contributed by atoms with E-state index in [1.54, 1.807) is 30.3 Å². The van der Waals surface area contributed by atoms with Gasteiger partial charge in [-0.05, 0) is 17.7 Å². The zero-order valence-corrected chi connectivity index (χ0v) is 10.2. The quantitative estimate of drug-likeness (QED) is 0.467. The van der Waals surface area contributed by atoms with Crippen LogP contribution in [0.2, 0.25) is 0 Å². The lowest BCUT2D eigenvalue weighted by Gasteiger charge is -2.08. The Morgan fingerprint density at radius 3 is 2.25 bits per heavy atom. The SMILES string of the molecule is O=c1oc2ccc(O)c(O)c2c(O)c1-c1ccccc1. The minimum absolute atomic E-state index is 0.00230. The molecule has 1 heterocycles. The van der Waals surface area contributed by atoms with Crippen molar-refractivity contribution in [1.29, 1.82) is 0 Å². The predicted molar refractivity (Wildman–Crippen MR) is 72.9 cm³/mol. The Hall–Kier alpha value is -2.95. The monoisotopic (exact) mass is 270 g/mol. The Morgan fingerprint density at radius 1 is 0.850 bits per heavy atom. The van der Waals surface area contributed by atoms with Crippen LogP contribution in [-0.4, -0.2) is 15.3 Å². The van der Waals surface area contributed by atoms with Crippen LogP contribution in [0.15, 0.2) is 51.7 Å². The molecule has 3 aromatic rings. The number of hydrogen-bond acceptors (Lipinski definition) is 5. The fourth-order valence-corrected chi connectivity index (χ4v) is 2.11. The molecule has 100 valence electrons. The van der Waals surface area contributed by atoms with Gasteiger partial charge in [-0.2, -0.15) is 0 Å². The molecule has 0 amide bonds. The van der Waals surface area contributed by atoms with Crippen LogP contribution in [0.3, 0.4) is 0 Å². The van der Waals surface area contributed by atoms with E-state index in [1.807, 2.05) is 0 Å². The van der Waals surface area contributed by atoms with Crippen molar-refractivity contribution in [2.24, 2.45) is 0 Å². The van der Waals surface area contributed by atoms with Crippen LogP contribution in [0, 0.1) is 0 Å². The summed E-state index contributed by atoms with van der Waals surface area (Å²) in [5, 5.41) is 29.5. The molecule has 0 aliphatic rings. The standard InChI is InChI=1S/C15H10O5/c16-9-6-7-10-12(13(9)17)14(18)11(15(19)20-10)8-4-2-1-3-5-8/h1-7,16-18H. The van der Waals surface area contributed by atoms with E-state index in [0.717, 1.165) is 0 Å². The van der Waals surface area contributed by atoms with Crippen LogP contribution in [0.1, 0.15) is 0 Å². The molecule has 3 rings (SSSR count). The molecular weight excluding hydrogens is 260 g/mol. The minimum Gasteiger partial charge on any atom is -0.506 e. The summed E-state index contributed by atoms with van der Waals surface area (Å²) in [6, 6.07) is 11.0. The van der Waals surface area contributed by atoms with Gasteiger partial charge in [0.2, 0.25) is 0 Å². The molecule has 3 N–H and O–H groups in total. The molecule has 0 fully saturated rings. The second-order valence-electron chi connectivity index (χ2n) is 4.29. The number of rotatable bonds is 1. The van der Waals surface area contributed by atoms with E-state index in [0.29, 0.717) is 5.56 Å². The molecule has 0 aliphatic heterocycles. The van der Waals surface area contributed by atoms with Crippen molar-refractivity contribution in [2.75, 3.05) is 0 Å². The summed E-state index contributed by atoms with van der Waals surface area (Å²) in [7, 11) is 0. The van der Waals surface area contributed by atoms with Crippen molar-refractivity contribution in [3.8, 4) is 28.4 Å². The highest BCUT2D eigenvalue weighted by molar-refractivity contribution is 5.96. The highest BCUT2D eigenvalue weighted by Gasteiger charge is 2.19. The number of phenolic OH excluding ortho intramolecular Hbond substituents is 2. The second kappa shape index (κ2) is 4.31. The van der Waals surface area contributed by atoms with E-state index < -0.39 is 22.9 Å². The first-order chi connectivity index (χ1) is 9.59. The zero-order valence-electron chi connectivity index (χ0n) is 10.2. The molecule has 0 atom stereocenters. The van der Waals surface area contributed by atoms with Gasteiger partial charge >= 0.3 is 5.63 Å². The van der Waals surface area contributed by atoms with E-state index in [4.69, 9.17) is 4.42 Å². The van der Waals surface area contributed by atoms with Crippen molar-refractivity contribution >= 4 is 11.0 Å². The summed E-state index contributed by atoms with van der Waals surface area (Å²) in [4.78, 5) is 12.0. The van der Waals surface area contributed by atoms with Crippen LogP contribution in [0.4, 0.5) is 0 Å². The Bertz CT molecular complexity index is 850. The molecule has 0 radical (unpaired) electrons. The van der Waals surface area contributed by atoms with Gasteiger partial charge in [-0.1, -0.05) is 30.3 Å². The van der Waals surface area contributed by atoms with E-state index in [2.05, 4.69) is 0 Å². The fourth-order valence-electron chi connectivity index (χ4n) is 2.11. The molecule has 0 unspecified atom stereocenters. The van der Waals surface area contributed by atoms with Crippen LogP contribution in [0.25, 0.3) is 22.1 Å². The molecule has 20 heavy (non-hydrogen) atoms. The fraction of sp³-hybridized carbons (Fsp3) is 0. The van der Waals surface area contributed by atoms with E-state index in [-0.39, 0.29) is 16.5 Å². The van der Waals surface area contributed by atoms with Crippen molar-refractivity contribution in [2.45, 2.75) is 0 Å². The second-order valence-corrected chi connectivity index (χ2v) is 4.29. The lowest BCUT2D eigenvalue weighted by Crippen LogP contribution is -2.03. The molecule has 2 aromatic carbocycles. The molecular formula is C15H10O5. The van der Waals surface area contributed by atoms with E-state index in [9.17, 15) is 20.1 Å². The topological polar surface area (TPSA) is 90.9 Å². The third-order valence-corrected chi connectivity index (χ3v) is 3.06. The predicted octanol–water partition coefficient (Wildman–Crippen LogP) is 2.58. The lowest BCUT2D eigenvalue weighted by molar-refractivity contribution is 0.403. The third kappa shape index (κ3) is 1.68. The largest absolute Gasteiger partial charge is 0.506 e. The number of hydrogen-bond donors (Lipinski definition) is 3. The highest BCUT2D eigenvalue weighted by atomic mass is 16.4. The molecule has 0 saturated carbocycles. The smallest absolute Gasteiger partial charge is 0.347 e. The maximum atomic E-state index is 12.0. The van der Waals surface area contributed by atoms with Gasteiger partial charge in [-0.15, -0.1) is 0 Å². The summed E-state index contributed by atoms with van der Waals surface area (Å²) in [5.74, 6) is -1.35. The summed E-state index contributed by atoms with van der Waals surface area (Å²) in [6.45, 7) is 0. The van der Waals surface area contributed by atoms with Crippen molar-refractivity contribution in [3.63, 3.8) is 0 Å². The van der Waals surface area contributed by atoms with E-state index in [1.165, 1.54) is 12.1 Å². The molecule has 0 spiro atoms. The van der Waals surface area contributed by atoms with Gasteiger partial charge in [0, 0.05) is 0 Å². The van der Waals surface area contributed by atoms with Crippen molar-refractivity contribution in [1.82, 2.24) is 0 Å². The average molecular weight is 270 g/mol. The lowest BCUT2D eigenvalue weighted by atomic mass is 10.0. The first-order valence-electron chi connectivity index (χ1n) is 5.85. The number of fused-ring (bicyclic) bond motifs is 1. The van der Waals surface area contributed by atoms with Crippen LogP contribution >= 0.6 is 0 Å². The molecule has 0 saturated heterocycles. The molecule has 0 aliphatic carbocycles. The Kier molecular flexibility index (Phi) is 2.61. The highest BCUT2D eigenvalue weighted by Crippen LogP contribution is 2.41. The van der Waals surface area contributed by atoms with Crippen LogP contribution < -0.4 is 5.63 Å². The van der Waals surface area contributed by atoms with Crippen molar-refractivity contribution < 1.29 is 19.7 Å². The van der Waals surface area contributed by atoms with E-state index >= 15 is 0 Å². The van der Waals surface area contributed by atoms with Crippen LogP contribution in [-0.2, 0) is 0 Å². The zero-order chi connectivity index (χ0) is 14.3. The summed E-state index contributed by atoms with van der Waals surface area (Å²) in [6.07, 6.45) is 0. The first-order valence-corrected chi connectivity index (χ1v) is 5.85. The minimum atomic E-state index is -0.716. The van der Waals surface area contributed by atoms with Gasteiger partial charge in [0.25, 0.3) is 0 Å². The Balaban J connectivity index is 2.46. The Morgan fingerprint density at radius 2 is 1.55 bits per heavy atom. The van der Waals surface area contributed by atoms with Crippen LogP contribution in [0.5, 0.6) is 17.2 Å². The normalized spacial score (nSPS) is 10.8. The van der Waals surface area contributed by atoms with Gasteiger partial charge in [0.05, 0.1) is 0 Å². The molecule has 5 heteroatoms. The summed E-state index contributed by atoms with van der Waals surface area (Å²) < 4.78 is 5.08. The number of benzene rings is 2. The number of phenols is 2. The van der Waals surface area contributed by atoms with Gasteiger partial charge in [0.15, 0.2) is 11.5 Å². The maximum Gasteiger partial charge on any atom is 0.347 e. The summed E-state index contributed by atoms with van der Waals surface area (Å²) >= 11 is 0. The Labute approximate surface area is 113 Å². The first kappa shape index (κ1) is 12.1. The summed E-state index contributed by atoms with van der Waals surface area (Å²) in [5.41, 5.74) is -0.309. The maximum absolute atomic E-state index is 12.0.